The smallest absolute Gasteiger partial charge is 0.247 e. The highest BCUT2D eigenvalue weighted by Crippen LogP contribution is 2.48. The van der Waals surface area contributed by atoms with E-state index >= 15 is 0 Å². The second-order valence-electron chi connectivity index (χ2n) is 9.23. The lowest BCUT2D eigenvalue weighted by Crippen LogP contribution is -2.61. The van der Waals surface area contributed by atoms with Gasteiger partial charge in [0.1, 0.15) is 11.6 Å². The molecule has 1 fully saturated rings. The summed E-state index contributed by atoms with van der Waals surface area (Å²) < 4.78 is 11.5. The van der Waals surface area contributed by atoms with Crippen LogP contribution in [0.3, 0.4) is 0 Å². The van der Waals surface area contributed by atoms with E-state index in [4.69, 9.17) is 15.2 Å². The van der Waals surface area contributed by atoms with Crippen molar-refractivity contribution in [3.8, 4) is 22.9 Å². The molecule has 1 saturated heterocycles. The Morgan fingerprint density at radius 1 is 1.11 bits per heavy atom. The Balaban J connectivity index is 1.93. The van der Waals surface area contributed by atoms with Gasteiger partial charge in [0.2, 0.25) is 5.91 Å². The van der Waals surface area contributed by atoms with Gasteiger partial charge < -0.3 is 30.3 Å². The van der Waals surface area contributed by atoms with Crippen molar-refractivity contribution < 1.29 is 14.3 Å². The van der Waals surface area contributed by atoms with Crippen LogP contribution in [0, 0.1) is 0 Å². The molecule has 4 rings (SSSR count). The normalized spacial score (nSPS) is 16.0. The number of anilines is 2. The number of nitrogens with zero attached hydrogens (tertiary/aromatic N) is 6. The van der Waals surface area contributed by atoms with Crippen molar-refractivity contribution >= 4 is 28.4 Å². The van der Waals surface area contributed by atoms with Crippen LogP contribution in [0.15, 0.2) is 24.7 Å². The Morgan fingerprint density at radius 3 is 2.47 bits per heavy atom. The van der Waals surface area contributed by atoms with Crippen molar-refractivity contribution in [2.45, 2.75) is 45.8 Å². The standard InChI is InChI=1S/C25H34N8O3/c1-14(2)33(15(3)4)25(34)19-13-27-9-10-32(19)20-16(11-17(26)21(35-5)22(20)36-6)23-30-12-18-24(31-23)29-8-7-28-18/h7-8,11-12,14-15,19,27H,9-10,13,26H2,1-6H3. The van der Waals surface area contributed by atoms with Crippen molar-refractivity contribution in [1.82, 2.24) is 30.2 Å². The lowest BCUT2D eigenvalue weighted by Gasteiger charge is -2.42. The molecular weight excluding hydrogens is 460 g/mol. The lowest BCUT2D eigenvalue weighted by atomic mass is 10.0. The number of carbonyl (C=O) groups is 1. The largest absolute Gasteiger partial charge is 0.491 e. The van der Waals surface area contributed by atoms with Crippen LogP contribution >= 0.6 is 0 Å². The molecule has 0 aliphatic carbocycles. The molecule has 0 radical (unpaired) electrons. The van der Waals surface area contributed by atoms with E-state index in [1.807, 2.05) is 32.6 Å². The van der Waals surface area contributed by atoms with E-state index in [1.54, 1.807) is 38.9 Å². The number of nitrogens with two attached hydrogens (primary N) is 1. The summed E-state index contributed by atoms with van der Waals surface area (Å²) >= 11 is 0. The molecule has 1 aromatic carbocycles. The van der Waals surface area contributed by atoms with E-state index < -0.39 is 6.04 Å². The van der Waals surface area contributed by atoms with Crippen LogP contribution in [-0.2, 0) is 4.79 Å². The van der Waals surface area contributed by atoms with Crippen molar-refractivity contribution in [1.29, 1.82) is 0 Å². The topological polar surface area (TPSA) is 132 Å². The summed E-state index contributed by atoms with van der Waals surface area (Å²) in [6.07, 6.45) is 4.80. The molecule has 0 spiro atoms. The highest BCUT2D eigenvalue weighted by molar-refractivity contribution is 5.93. The number of nitrogens with one attached hydrogen (secondary N) is 1. The van der Waals surface area contributed by atoms with Gasteiger partial charge in [-0.2, -0.15) is 0 Å². The molecule has 3 heterocycles. The average Bonchev–Trinajstić information content (AvgIpc) is 2.87. The minimum absolute atomic E-state index is 0.0290. The fourth-order valence-corrected chi connectivity index (χ4v) is 4.88. The van der Waals surface area contributed by atoms with Crippen LogP contribution in [0.25, 0.3) is 22.6 Å². The number of ether oxygens (including phenoxy) is 2. The van der Waals surface area contributed by atoms with E-state index in [2.05, 4.69) is 30.2 Å². The third-order valence-corrected chi connectivity index (χ3v) is 6.30. The highest BCUT2D eigenvalue weighted by Gasteiger charge is 2.38. The quantitative estimate of drug-likeness (QED) is 0.471. The first kappa shape index (κ1) is 25.4. The number of carbonyl (C=O) groups excluding carboxylic acids is 1. The SMILES string of the molecule is COc1c(N)cc(-c2ncc3nccnc3n2)c(N2CCNCC2C(=O)N(C(C)C)C(C)C)c1OC. The lowest BCUT2D eigenvalue weighted by molar-refractivity contribution is -0.136. The van der Waals surface area contributed by atoms with Crippen LogP contribution in [0.1, 0.15) is 27.7 Å². The summed E-state index contributed by atoms with van der Waals surface area (Å²) in [4.78, 5) is 35.7. The first-order valence-electron chi connectivity index (χ1n) is 12.1. The average molecular weight is 495 g/mol. The number of fused-ring (bicyclic) bond motifs is 1. The Hall–Kier alpha value is -3.73. The molecule has 3 aromatic rings. The zero-order valence-electron chi connectivity index (χ0n) is 21.6. The van der Waals surface area contributed by atoms with Crippen LogP contribution in [0.2, 0.25) is 0 Å². The van der Waals surface area contributed by atoms with E-state index in [0.717, 1.165) is 0 Å². The van der Waals surface area contributed by atoms with Crippen LogP contribution in [-0.4, -0.2) is 82.7 Å². The van der Waals surface area contributed by atoms with Gasteiger partial charge >= 0.3 is 0 Å². The van der Waals surface area contributed by atoms with E-state index in [1.165, 1.54) is 0 Å². The van der Waals surface area contributed by atoms with Gasteiger partial charge in [0, 0.05) is 49.7 Å². The summed E-state index contributed by atoms with van der Waals surface area (Å²) in [7, 11) is 3.10. The van der Waals surface area contributed by atoms with E-state index in [9.17, 15) is 4.79 Å². The molecule has 192 valence electrons. The number of piperazine rings is 1. The maximum atomic E-state index is 13.9. The van der Waals surface area contributed by atoms with Gasteiger partial charge in [-0.05, 0) is 33.8 Å². The minimum Gasteiger partial charge on any atom is -0.491 e. The third-order valence-electron chi connectivity index (χ3n) is 6.30. The van der Waals surface area contributed by atoms with Crippen LogP contribution in [0.5, 0.6) is 11.5 Å². The van der Waals surface area contributed by atoms with Crippen molar-refractivity contribution in [3.63, 3.8) is 0 Å². The summed E-state index contributed by atoms with van der Waals surface area (Å²) in [5.74, 6) is 1.25. The molecule has 11 heteroatoms. The van der Waals surface area contributed by atoms with Crippen LogP contribution in [0.4, 0.5) is 11.4 Å². The molecule has 1 unspecified atom stereocenters. The second-order valence-corrected chi connectivity index (χ2v) is 9.23. The number of benzene rings is 1. The fourth-order valence-electron chi connectivity index (χ4n) is 4.88. The summed E-state index contributed by atoms with van der Waals surface area (Å²) in [6.45, 7) is 9.84. The first-order chi connectivity index (χ1) is 17.3. The monoisotopic (exact) mass is 494 g/mol. The summed E-state index contributed by atoms with van der Waals surface area (Å²) in [5, 5.41) is 3.37. The predicted molar refractivity (Wildman–Crippen MR) is 139 cm³/mol. The van der Waals surface area contributed by atoms with Gasteiger partial charge in [0.25, 0.3) is 0 Å². The van der Waals surface area contributed by atoms with Crippen molar-refractivity contribution in [2.75, 3.05) is 44.5 Å². The van der Waals surface area contributed by atoms with Gasteiger partial charge in [-0.15, -0.1) is 0 Å². The Bertz CT molecular complexity index is 1240. The van der Waals surface area contributed by atoms with Gasteiger partial charge in [-0.25, -0.2) is 19.9 Å². The maximum Gasteiger partial charge on any atom is 0.247 e. The van der Waals surface area contributed by atoms with E-state index in [-0.39, 0.29) is 18.0 Å². The molecule has 1 atom stereocenters. The number of rotatable bonds is 7. The number of methoxy groups -OCH3 is 2. The molecule has 2 aromatic heterocycles. The molecule has 0 saturated carbocycles. The molecule has 3 N–H and O–H groups in total. The number of nitrogen functional groups attached to an aromatic ring is 1. The molecule has 1 aliphatic heterocycles. The minimum atomic E-state index is -0.482. The maximum absolute atomic E-state index is 13.9. The van der Waals surface area contributed by atoms with Gasteiger partial charge in [0.05, 0.1) is 31.8 Å². The van der Waals surface area contributed by atoms with Crippen molar-refractivity contribution in [3.05, 3.63) is 24.7 Å². The highest BCUT2D eigenvalue weighted by atomic mass is 16.5. The summed E-state index contributed by atoms with van der Waals surface area (Å²) in [5.41, 5.74) is 9.07. The Kier molecular flexibility index (Phi) is 7.39. The van der Waals surface area contributed by atoms with Gasteiger partial charge in [-0.3, -0.25) is 4.79 Å². The molecule has 1 amide bonds. The number of hydrogen-bond donors (Lipinski definition) is 2. The molecule has 36 heavy (non-hydrogen) atoms. The molecule has 1 aliphatic rings. The van der Waals surface area contributed by atoms with Crippen LogP contribution < -0.4 is 25.4 Å². The third kappa shape index (κ3) is 4.58. The number of aromatic nitrogens is 4. The molecule has 11 nitrogen and oxygen atoms in total. The molecule has 0 bridgehead atoms. The Labute approximate surface area is 211 Å². The zero-order valence-corrected chi connectivity index (χ0v) is 21.6. The second kappa shape index (κ2) is 10.5. The fraction of sp³-hybridized carbons (Fsp3) is 0.480. The number of hydrogen-bond acceptors (Lipinski definition) is 10. The van der Waals surface area contributed by atoms with Crippen molar-refractivity contribution in [2.24, 2.45) is 0 Å². The summed E-state index contributed by atoms with van der Waals surface area (Å²) in [6, 6.07) is 1.38. The Morgan fingerprint density at radius 2 is 1.81 bits per heavy atom. The zero-order chi connectivity index (χ0) is 26.0. The van der Waals surface area contributed by atoms with Gasteiger partial charge in [-0.1, -0.05) is 0 Å². The molecular formula is C25H34N8O3. The van der Waals surface area contributed by atoms with E-state index in [0.29, 0.717) is 65.1 Å². The first-order valence-corrected chi connectivity index (χ1v) is 12.1. The van der Waals surface area contributed by atoms with Gasteiger partial charge in [0.15, 0.2) is 23.0 Å². The number of amides is 1. The predicted octanol–water partition coefficient (Wildman–Crippen LogP) is 2.11.